The lowest BCUT2D eigenvalue weighted by Gasteiger charge is -2.36. The summed E-state index contributed by atoms with van der Waals surface area (Å²) in [7, 11) is 0. The Hall–Kier alpha value is -2.81. The first-order chi connectivity index (χ1) is 13.0. The van der Waals surface area contributed by atoms with Crippen molar-refractivity contribution < 1.29 is 13.9 Å². The summed E-state index contributed by atoms with van der Waals surface area (Å²) in [5.41, 5.74) is 4.54. The molecule has 2 aromatic carbocycles. The van der Waals surface area contributed by atoms with E-state index in [4.69, 9.17) is 9.15 Å². The van der Waals surface area contributed by atoms with Gasteiger partial charge in [0, 0.05) is 11.1 Å². The number of rotatable bonds is 4. The molecule has 0 spiro atoms. The number of ether oxygens (including phenoxy) is 1. The van der Waals surface area contributed by atoms with Crippen molar-refractivity contribution in [2.45, 2.75) is 45.6 Å². The van der Waals surface area contributed by atoms with Gasteiger partial charge in [0.2, 0.25) is 0 Å². The van der Waals surface area contributed by atoms with Gasteiger partial charge in [-0.3, -0.25) is 4.79 Å². The number of benzene rings is 2. The van der Waals surface area contributed by atoms with Gasteiger partial charge in [0.15, 0.2) is 5.78 Å². The van der Waals surface area contributed by atoms with E-state index in [0.717, 1.165) is 35.3 Å². The Balaban J connectivity index is 1.68. The number of hydrogen-bond donors (Lipinski definition) is 0. The van der Waals surface area contributed by atoms with Crippen molar-refractivity contribution in [2.24, 2.45) is 0 Å². The number of aryl methyl sites for hydroxylation is 1. The standard InChI is InChI=1S/C24H24O3/c1-4-24(5-2)14-21(25)20-12-18(9-10-22(20)27-24)23-13-19(15-26-23)17-8-6-7-16(3)11-17/h6-13,15H,4-5,14H2,1-3H3. The molecule has 0 bridgehead atoms. The molecule has 138 valence electrons. The zero-order valence-corrected chi connectivity index (χ0v) is 16.0. The molecule has 4 rings (SSSR count). The summed E-state index contributed by atoms with van der Waals surface area (Å²) in [4.78, 5) is 12.8. The maximum Gasteiger partial charge on any atom is 0.170 e. The molecular formula is C24H24O3. The zero-order valence-electron chi connectivity index (χ0n) is 16.0. The van der Waals surface area contributed by atoms with Crippen LogP contribution in [0.4, 0.5) is 0 Å². The summed E-state index contributed by atoms with van der Waals surface area (Å²) in [6, 6.07) is 16.1. The summed E-state index contributed by atoms with van der Waals surface area (Å²) in [5, 5.41) is 0. The van der Waals surface area contributed by atoms with E-state index in [9.17, 15) is 4.79 Å². The molecule has 0 unspecified atom stereocenters. The molecule has 1 aliphatic heterocycles. The van der Waals surface area contributed by atoms with Crippen LogP contribution >= 0.6 is 0 Å². The molecule has 2 heterocycles. The van der Waals surface area contributed by atoms with Crippen molar-refractivity contribution in [1.82, 2.24) is 0 Å². The van der Waals surface area contributed by atoms with Gasteiger partial charge in [0.1, 0.15) is 17.1 Å². The highest BCUT2D eigenvalue weighted by Gasteiger charge is 2.37. The number of hydrogen-bond acceptors (Lipinski definition) is 3. The van der Waals surface area contributed by atoms with E-state index in [1.807, 2.05) is 30.3 Å². The predicted octanol–water partition coefficient (Wildman–Crippen LogP) is 6.45. The van der Waals surface area contributed by atoms with E-state index in [1.54, 1.807) is 6.26 Å². The van der Waals surface area contributed by atoms with Crippen molar-refractivity contribution in [3.63, 3.8) is 0 Å². The Morgan fingerprint density at radius 1 is 0.963 bits per heavy atom. The fraction of sp³-hybridized carbons (Fsp3) is 0.292. The molecule has 0 atom stereocenters. The third kappa shape index (κ3) is 3.18. The molecule has 0 radical (unpaired) electrons. The van der Waals surface area contributed by atoms with E-state index in [-0.39, 0.29) is 11.4 Å². The highest BCUT2D eigenvalue weighted by molar-refractivity contribution is 6.01. The lowest BCUT2D eigenvalue weighted by Crippen LogP contribution is -2.40. The molecule has 1 aliphatic rings. The minimum atomic E-state index is -0.366. The van der Waals surface area contributed by atoms with E-state index in [2.05, 4.69) is 39.0 Å². The molecule has 3 heteroatoms. The zero-order chi connectivity index (χ0) is 19.0. The van der Waals surface area contributed by atoms with Crippen LogP contribution in [0, 0.1) is 6.92 Å². The van der Waals surface area contributed by atoms with Gasteiger partial charge in [-0.1, -0.05) is 43.7 Å². The lowest BCUT2D eigenvalue weighted by atomic mass is 9.85. The highest BCUT2D eigenvalue weighted by Crippen LogP contribution is 2.39. The normalized spacial score (nSPS) is 15.3. The van der Waals surface area contributed by atoms with Crippen LogP contribution in [0.3, 0.4) is 0 Å². The Labute approximate surface area is 160 Å². The molecule has 27 heavy (non-hydrogen) atoms. The van der Waals surface area contributed by atoms with Gasteiger partial charge < -0.3 is 9.15 Å². The van der Waals surface area contributed by atoms with Crippen LogP contribution in [0.1, 0.15) is 49.0 Å². The maximum absolute atomic E-state index is 12.8. The van der Waals surface area contributed by atoms with Gasteiger partial charge in [-0.15, -0.1) is 0 Å². The first kappa shape index (κ1) is 17.6. The average molecular weight is 360 g/mol. The second kappa shape index (κ2) is 6.73. The second-order valence-corrected chi connectivity index (χ2v) is 7.37. The number of furan rings is 1. The summed E-state index contributed by atoms with van der Waals surface area (Å²) in [6.07, 6.45) is 3.85. The van der Waals surface area contributed by atoms with Gasteiger partial charge >= 0.3 is 0 Å². The van der Waals surface area contributed by atoms with Gasteiger partial charge in [-0.05, 0) is 49.6 Å². The fourth-order valence-electron chi connectivity index (χ4n) is 3.76. The van der Waals surface area contributed by atoms with Crippen LogP contribution in [-0.4, -0.2) is 11.4 Å². The van der Waals surface area contributed by atoms with Crippen LogP contribution in [0.2, 0.25) is 0 Å². The summed E-state index contributed by atoms with van der Waals surface area (Å²) >= 11 is 0. The van der Waals surface area contributed by atoms with E-state index in [1.165, 1.54) is 5.56 Å². The number of Topliss-reactive ketones (excluding diaryl/α,β-unsaturated/α-hetero) is 1. The third-order valence-electron chi connectivity index (χ3n) is 5.61. The summed E-state index contributed by atoms with van der Waals surface area (Å²) in [6.45, 7) is 6.23. The van der Waals surface area contributed by atoms with Crippen LogP contribution in [0.25, 0.3) is 22.5 Å². The number of ketones is 1. The number of fused-ring (bicyclic) bond motifs is 1. The van der Waals surface area contributed by atoms with E-state index >= 15 is 0 Å². The second-order valence-electron chi connectivity index (χ2n) is 7.37. The fourth-order valence-corrected chi connectivity index (χ4v) is 3.76. The largest absolute Gasteiger partial charge is 0.486 e. The summed E-state index contributed by atoms with van der Waals surface area (Å²) < 4.78 is 12.0. The molecule has 0 amide bonds. The van der Waals surface area contributed by atoms with Gasteiger partial charge in [-0.2, -0.15) is 0 Å². The van der Waals surface area contributed by atoms with E-state index < -0.39 is 0 Å². The van der Waals surface area contributed by atoms with Crippen LogP contribution < -0.4 is 4.74 Å². The smallest absolute Gasteiger partial charge is 0.170 e. The quantitative estimate of drug-likeness (QED) is 0.537. The Bertz CT molecular complexity index is 992. The molecule has 3 nitrogen and oxygen atoms in total. The van der Waals surface area contributed by atoms with Crippen molar-refractivity contribution >= 4 is 5.78 Å². The minimum Gasteiger partial charge on any atom is -0.486 e. The summed E-state index contributed by atoms with van der Waals surface area (Å²) in [5.74, 6) is 1.58. The van der Waals surface area contributed by atoms with Gasteiger partial charge in [-0.25, -0.2) is 0 Å². The Kier molecular flexibility index (Phi) is 4.39. The molecule has 3 aromatic rings. The van der Waals surface area contributed by atoms with Crippen molar-refractivity contribution in [3.05, 3.63) is 65.9 Å². The Morgan fingerprint density at radius 2 is 1.78 bits per heavy atom. The molecule has 0 saturated carbocycles. The topological polar surface area (TPSA) is 39.4 Å². The first-order valence-corrected chi connectivity index (χ1v) is 9.56. The third-order valence-corrected chi connectivity index (χ3v) is 5.61. The Morgan fingerprint density at radius 3 is 2.52 bits per heavy atom. The number of carbonyl (C=O) groups excluding carboxylic acids is 1. The molecule has 0 N–H and O–H groups in total. The van der Waals surface area contributed by atoms with E-state index in [0.29, 0.717) is 17.7 Å². The lowest BCUT2D eigenvalue weighted by molar-refractivity contribution is 0.0350. The molecular weight excluding hydrogens is 336 g/mol. The predicted molar refractivity (Wildman–Crippen MR) is 107 cm³/mol. The highest BCUT2D eigenvalue weighted by atomic mass is 16.5. The van der Waals surface area contributed by atoms with Crippen molar-refractivity contribution in [2.75, 3.05) is 0 Å². The van der Waals surface area contributed by atoms with Crippen LogP contribution in [-0.2, 0) is 0 Å². The SMILES string of the molecule is CCC1(CC)CC(=O)c2cc(-c3cc(-c4cccc(C)c4)co3)ccc2O1. The van der Waals surface area contributed by atoms with Gasteiger partial charge in [0.25, 0.3) is 0 Å². The van der Waals surface area contributed by atoms with Gasteiger partial charge in [0.05, 0.1) is 18.2 Å². The van der Waals surface area contributed by atoms with Crippen LogP contribution in [0.5, 0.6) is 5.75 Å². The van der Waals surface area contributed by atoms with Crippen molar-refractivity contribution in [3.8, 4) is 28.2 Å². The first-order valence-electron chi connectivity index (χ1n) is 9.56. The van der Waals surface area contributed by atoms with Crippen molar-refractivity contribution in [1.29, 1.82) is 0 Å². The molecule has 0 fully saturated rings. The monoisotopic (exact) mass is 360 g/mol. The molecule has 0 aliphatic carbocycles. The average Bonchev–Trinajstić information content (AvgIpc) is 3.18. The maximum atomic E-state index is 12.8. The molecule has 1 aromatic heterocycles. The number of carbonyl (C=O) groups is 1. The minimum absolute atomic E-state index is 0.146. The molecule has 0 saturated heterocycles. The van der Waals surface area contributed by atoms with Crippen LogP contribution in [0.15, 0.2) is 59.2 Å².